The van der Waals surface area contributed by atoms with Crippen molar-refractivity contribution >= 4 is 34.0 Å². The highest BCUT2D eigenvalue weighted by Gasteiger charge is 2.10. The summed E-state index contributed by atoms with van der Waals surface area (Å²) < 4.78 is 5.13. The fourth-order valence-electron chi connectivity index (χ4n) is 3.07. The van der Waals surface area contributed by atoms with Gasteiger partial charge in [0.1, 0.15) is 5.75 Å². The fourth-order valence-corrected chi connectivity index (χ4v) is 3.81. The Morgan fingerprint density at radius 3 is 2.31 bits per heavy atom. The average Bonchev–Trinajstić information content (AvgIpc) is 3.29. The molecule has 2 amide bonds. The van der Waals surface area contributed by atoms with E-state index in [9.17, 15) is 9.59 Å². The van der Waals surface area contributed by atoms with Crippen LogP contribution >= 0.6 is 11.3 Å². The van der Waals surface area contributed by atoms with Crippen LogP contribution in [0.4, 0.5) is 10.8 Å². The fraction of sp³-hybridized carbons (Fsp3) is 0.0800. The van der Waals surface area contributed by atoms with Crippen LogP contribution in [0.5, 0.6) is 5.75 Å². The zero-order valence-electron chi connectivity index (χ0n) is 17.4. The number of hydrogen-bond acceptors (Lipinski definition) is 5. The highest BCUT2D eigenvalue weighted by atomic mass is 32.1. The minimum Gasteiger partial charge on any atom is -0.497 e. The molecule has 1 aromatic heterocycles. The number of carbonyl (C=O) groups is 2. The third-order valence-corrected chi connectivity index (χ3v) is 5.51. The van der Waals surface area contributed by atoms with Gasteiger partial charge in [0.05, 0.1) is 19.2 Å². The van der Waals surface area contributed by atoms with E-state index in [1.807, 2.05) is 72.1 Å². The number of nitrogens with one attached hydrogen (secondary N) is 2. The smallest absolute Gasteiger partial charge is 0.255 e. The summed E-state index contributed by atoms with van der Waals surface area (Å²) in [5.41, 5.74) is 3.86. The predicted molar refractivity (Wildman–Crippen MR) is 127 cm³/mol. The Labute approximate surface area is 189 Å². The van der Waals surface area contributed by atoms with Gasteiger partial charge >= 0.3 is 0 Å². The van der Waals surface area contributed by atoms with E-state index in [1.54, 1.807) is 19.2 Å². The molecule has 0 atom stereocenters. The van der Waals surface area contributed by atoms with Gasteiger partial charge in [0.25, 0.3) is 5.91 Å². The van der Waals surface area contributed by atoms with Gasteiger partial charge in [0.15, 0.2) is 5.13 Å². The normalized spacial score (nSPS) is 10.4. The van der Waals surface area contributed by atoms with Crippen molar-refractivity contribution in [2.24, 2.45) is 0 Å². The number of methoxy groups -OCH3 is 1. The molecule has 7 heteroatoms. The quantitative estimate of drug-likeness (QED) is 0.409. The van der Waals surface area contributed by atoms with E-state index in [4.69, 9.17) is 4.74 Å². The van der Waals surface area contributed by atoms with E-state index >= 15 is 0 Å². The number of hydrogen-bond donors (Lipinski definition) is 2. The highest BCUT2D eigenvalue weighted by molar-refractivity contribution is 7.14. The Hall–Kier alpha value is -3.97. The Balaban J connectivity index is 1.35. The molecule has 0 saturated carbocycles. The molecule has 0 aliphatic rings. The minimum atomic E-state index is -0.158. The van der Waals surface area contributed by atoms with Crippen molar-refractivity contribution in [1.82, 2.24) is 4.98 Å². The van der Waals surface area contributed by atoms with Gasteiger partial charge in [-0.25, -0.2) is 4.98 Å². The number of anilines is 2. The van der Waals surface area contributed by atoms with Gasteiger partial charge in [0.2, 0.25) is 5.91 Å². The molecule has 0 aliphatic carbocycles. The van der Waals surface area contributed by atoms with E-state index in [-0.39, 0.29) is 18.2 Å². The summed E-state index contributed by atoms with van der Waals surface area (Å²) >= 11 is 1.37. The first-order chi connectivity index (χ1) is 15.6. The van der Waals surface area contributed by atoms with Gasteiger partial charge in [-0.05, 0) is 42.0 Å². The Morgan fingerprint density at radius 2 is 1.62 bits per heavy atom. The molecule has 0 saturated heterocycles. The molecule has 0 radical (unpaired) electrons. The molecule has 3 aromatic carbocycles. The van der Waals surface area contributed by atoms with Gasteiger partial charge in [-0.1, -0.05) is 42.5 Å². The average molecular weight is 444 g/mol. The molecule has 2 N–H and O–H groups in total. The highest BCUT2D eigenvalue weighted by Crippen LogP contribution is 2.26. The zero-order chi connectivity index (χ0) is 22.3. The zero-order valence-corrected chi connectivity index (χ0v) is 18.2. The van der Waals surface area contributed by atoms with Gasteiger partial charge in [0, 0.05) is 22.2 Å². The molecule has 32 heavy (non-hydrogen) atoms. The van der Waals surface area contributed by atoms with Gasteiger partial charge in [-0.2, -0.15) is 0 Å². The monoisotopic (exact) mass is 443 g/mol. The van der Waals surface area contributed by atoms with Crippen LogP contribution in [0.15, 0.2) is 84.2 Å². The first-order valence-corrected chi connectivity index (χ1v) is 10.8. The van der Waals surface area contributed by atoms with E-state index in [0.29, 0.717) is 16.4 Å². The second-order valence-electron chi connectivity index (χ2n) is 7.01. The van der Waals surface area contributed by atoms with Crippen LogP contribution < -0.4 is 15.4 Å². The van der Waals surface area contributed by atoms with Crippen LogP contribution in [-0.2, 0) is 11.2 Å². The lowest BCUT2D eigenvalue weighted by atomic mass is 10.1. The SMILES string of the molecule is COc1ccc(CC(=O)Nc2nc(-c3ccc(NC(=O)c4ccccc4)cc3)cs2)cc1. The van der Waals surface area contributed by atoms with Crippen LogP contribution in [-0.4, -0.2) is 23.9 Å². The summed E-state index contributed by atoms with van der Waals surface area (Å²) in [4.78, 5) is 29.1. The molecule has 0 unspecified atom stereocenters. The van der Waals surface area contributed by atoms with Gasteiger partial charge in [-0.15, -0.1) is 11.3 Å². The first-order valence-electron chi connectivity index (χ1n) is 9.96. The lowest BCUT2D eigenvalue weighted by Gasteiger charge is -2.06. The second kappa shape index (κ2) is 9.89. The number of aromatic nitrogens is 1. The molecule has 4 aromatic rings. The summed E-state index contributed by atoms with van der Waals surface area (Å²) in [6.45, 7) is 0. The standard InChI is InChI=1S/C25H21N3O3S/c1-31-21-13-7-17(8-14-21)15-23(29)28-25-27-22(16-32-25)18-9-11-20(12-10-18)26-24(30)19-5-3-2-4-6-19/h2-14,16H,15H2,1H3,(H,26,30)(H,27,28,29). The molecule has 0 fully saturated rings. The minimum absolute atomic E-state index is 0.130. The first kappa shape index (κ1) is 21.3. The van der Waals surface area contributed by atoms with E-state index in [0.717, 1.165) is 22.6 Å². The predicted octanol–water partition coefficient (Wildman–Crippen LogP) is 5.25. The maximum absolute atomic E-state index is 12.3. The van der Waals surface area contributed by atoms with Gasteiger partial charge < -0.3 is 15.4 Å². The number of carbonyl (C=O) groups excluding carboxylic acids is 2. The molecule has 1 heterocycles. The molecule has 160 valence electrons. The van der Waals surface area contributed by atoms with Crippen LogP contribution in [0.1, 0.15) is 15.9 Å². The van der Waals surface area contributed by atoms with Crippen molar-refractivity contribution in [2.45, 2.75) is 6.42 Å². The summed E-state index contributed by atoms with van der Waals surface area (Å²) in [5.74, 6) is 0.466. The number of rotatable bonds is 7. The molecule has 4 rings (SSSR count). The molecular weight excluding hydrogens is 422 g/mol. The van der Waals surface area contributed by atoms with Crippen LogP contribution in [0.2, 0.25) is 0 Å². The van der Waals surface area contributed by atoms with Crippen molar-refractivity contribution in [1.29, 1.82) is 0 Å². The topological polar surface area (TPSA) is 80.3 Å². The van der Waals surface area contributed by atoms with Crippen molar-refractivity contribution in [3.05, 3.63) is 95.4 Å². The van der Waals surface area contributed by atoms with Crippen molar-refractivity contribution in [3.63, 3.8) is 0 Å². The molecular formula is C25H21N3O3S. The molecule has 0 spiro atoms. The summed E-state index contributed by atoms with van der Waals surface area (Å²) in [7, 11) is 1.61. The molecule has 6 nitrogen and oxygen atoms in total. The van der Waals surface area contributed by atoms with Crippen molar-refractivity contribution in [2.75, 3.05) is 17.7 Å². The number of thiazole rings is 1. The number of amides is 2. The number of benzene rings is 3. The molecule has 0 bridgehead atoms. The van der Waals surface area contributed by atoms with Crippen LogP contribution in [0.25, 0.3) is 11.3 Å². The molecule has 0 aliphatic heterocycles. The maximum Gasteiger partial charge on any atom is 0.255 e. The van der Waals surface area contributed by atoms with Crippen molar-refractivity contribution in [3.8, 4) is 17.0 Å². The van der Waals surface area contributed by atoms with E-state index in [2.05, 4.69) is 15.6 Å². The maximum atomic E-state index is 12.3. The summed E-state index contributed by atoms with van der Waals surface area (Å²) in [6, 6.07) is 23.9. The summed E-state index contributed by atoms with van der Waals surface area (Å²) in [6.07, 6.45) is 0.259. The third kappa shape index (κ3) is 5.39. The van der Waals surface area contributed by atoms with Crippen molar-refractivity contribution < 1.29 is 14.3 Å². The number of ether oxygens (including phenoxy) is 1. The Kier molecular flexibility index (Phi) is 6.57. The second-order valence-corrected chi connectivity index (χ2v) is 7.87. The number of nitrogens with zero attached hydrogens (tertiary/aromatic N) is 1. The van der Waals surface area contributed by atoms with Crippen LogP contribution in [0.3, 0.4) is 0 Å². The largest absolute Gasteiger partial charge is 0.497 e. The van der Waals surface area contributed by atoms with E-state index < -0.39 is 0 Å². The Morgan fingerprint density at radius 1 is 0.906 bits per heavy atom. The lowest BCUT2D eigenvalue weighted by molar-refractivity contribution is -0.115. The third-order valence-electron chi connectivity index (χ3n) is 4.75. The van der Waals surface area contributed by atoms with Crippen LogP contribution in [0, 0.1) is 0 Å². The summed E-state index contributed by atoms with van der Waals surface area (Å²) in [5, 5.41) is 8.15. The Bertz CT molecular complexity index is 1200. The lowest BCUT2D eigenvalue weighted by Crippen LogP contribution is -2.14. The van der Waals surface area contributed by atoms with Gasteiger partial charge in [-0.3, -0.25) is 9.59 Å². The van der Waals surface area contributed by atoms with E-state index in [1.165, 1.54) is 11.3 Å².